The summed E-state index contributed by atoms with van der Waals surface area (Å²) in [5.74, 6) is 1.15. The number of carbonyl (C=O) groups is 1. The lowest BCUT2D eigenvalue weighted by Crippen LogP contribution is -2.56. The second kappa shape index (κ2) is 3.74. The average molecular weight is 215 g/mol. The van der Waals surface area contributed by atoms with E-state index in [1.54, 1.807) is 11.8 Å². The molecule has 0 aromatic rings. The Hall–Kier alpha value is -0.220. The largest absolute Gasteiger partial charge is 0.480 e. The highest BCUT2D eigenvalue weighted by atomic mass is 32.2. The van der Waals surface area contributed by atoms with E-state index < -0.39 is 11.5 Å². The molecule has 0 bridgehead atoms. The van der Waals surface area contributed by atoms with Gasteiger partial charge in [-0.2, -0.15) is 11.8 Å². The van der Waals surface area contributed by atoms with Crippen LogP contribution in [0.3, 0.4) is 0 Å². The number of carboxylic acids is 1. The summed E-state index contributed by atoms with van der Waals surface area (Å²) in [7, 11) is 0. The van der Waals surface area contributed by atoms with Crippen molar-refractivity contribution in [3.8, 4) is 0 Å². The third kappa shape index (κ3) is 1.44. The van der Waals surface area contributed by atoms with Crippen molar-refractivity contribution in [1.82, 2.24) is 4.90 Å². The van der Waals surface area contributed by atoms with E-state index in [0.717, 1.165) is 37.3 Å². The van der Waals surface area contributed by atoms with Crippen molar-refractivity contribution in [3.05, 3.63) is 0 Å². The number of hydrogen-bond donors (Lipinski definition) is 1. The summed E-state index contributed by atoms with van der Waals surface area (Å²) >= 11 is 1.78. The van der Waals surface area contributed by atoms with Crippen LogP contribution in [0, 0.1) is 0 Å². The summed E-state index contributed by atoms with van der Waals surface area (Å²) in [5.41, 5.74) is -0.541. The van der Waals surface area contributed by atoms with Gasteiger partial charge in [0.2, 0.25) is 0 Å². The third-order valence-corrected chi connectivity index (χ3v) is 4.68. The summed E-state index contributed by atoms with van der Waals surface area (Å²) in [6.45, 7) is 3.12. The monoisotopic (exact) mass is 215 g/mol. The Morgan fingerprint density at radius 2 is 2.43 bits per heavy atom. The second-order valence-corrected chi connectivity index (χ2v) is 5.43. The van der Waals surface area contributed by atoms with E-state index in [0.29, 0.717) is 6.04 Å². The van der Waals surface area contributed by atoms with Crippen molar-refractivity contribution in [2.45, 2.75) is 37.8 Å². The lowest BCUT2D eigenvalue weighted by atomic mass is 9.96. The fourth-order valence-electron chi connectivity index (χ4n) is 2.64. The van der Waals surface area contributed by atoms with Crippen molar-refractivity contribution in [1.29, 1.82) is 0 Å². The number of carboxylic acid groups (broad SMARTS) is 1. The van der Waals surface area contributed by atoms with Crippen molar-refractivity contribution in [3.63, 3.8) is 0 Å². The number of rotatable bonds is 2. The Balaban J connectivity index is 2.21. The number of likely N-dealkylation sites (tertiary alicyclic amines) is 1. The molecule has 2 heterocycles. The zero-order valence-electron chi connectivity index (χ0n) is 8.53. The highest BCUT2D eigenvalue weighted by molar-refractivity contribution is 7.99. The van der Waals surface area contributed by atoms with Gasteiger partial charge in [-0.1, -0.05) is 0 Å². The number of nitrogens with zero attached hydrogens (tertiary/aromatic N) is 1. The van der Waals surface area contributed by atoms with Crippen LogP contribution in [-0.4, -0.2) is 45.6 Å². The highest BCUT2D eigenvalue weighted by Crippen LogP contribution is 2.38. The first-order valence-electron chi connectivity index (χ1n) is 5.25. The lowest BCUT2D eigenvalue weighted by Gasteiger charge is -2.37. The van der Waals surface area contributed by atoms with E-state index >= 15 is 0 Å². The van der Waals surface area contributed by atoms with Crippen LogP contribution in [-0.2, 0) is 4.79 Å². The molecule has 2 rings (SSSR count). The molecule has 3 nitrogen and oxygen atoms in total. The Kier molecular flexibility index (Phi) is 2.75. The van der Waals surface area contributed by atoms with Gasteiger partial charge in [0.05, 0.1) is 0 Å². The maximum absolute atomic E-state index is 11.4. The van der Waals surface area contributed by atoms with Gasteiger partial charge in [-0.05, 0) is 38.5 Å². The smallest absolute Gasteiger partial charge is 0.325 e. The van der Waals surface area contributed by atoms with Crippen LogP contribution in [0.2, 0.25) is 0 Å². The van der Waals surface area contributed by atoms with E-state index in [2.05, 4.69) is 11.8 Å². The van der Waals surface area contributed by atoms with E-state index in [1.165, 1.54) is 0 Å². The molecule has 0 saturated carbocycles. The van der Waals surface area contributed by atoms with Gasteiger partial charge in [0.1, 0.15) is 5.54 Å². The van der Waals surface area contributed by atoms with Gasteiger partial charge >= 0.3 is 5.97 Å². The quantitative estimate of drug-likeness (QED) is 0.756. The molecule has 0 spiro atoms. The Bertz CT molecular complexity index is 238. The molecule has 14 heavy (non-hydrogen) atoms. The van der Waals surface area contributed by atoms with Crippen LogP contribution in [0.4, 0.5) is 0 Å². The summed E-state index contributed by atoms with van der Waals surface area (Å²) in [6.07, 6.45) is 3.12. The minimum Gasteiger partial charge on any atom is -0.480 e. The molecule has 0 aromatic heterocycles. The molecule has 0 aromatic carbocycles. The van der Waals surface area contributed by atoms with Crippen LogP contribution in [0.1, 0.15) is 26.2 Å². The zero-order valence-corrected chi connectivity index (χ0v) is 9.35. The molecule has 0 radical (unpaired) electrons. The van der Waals surface area contributed by atoms with Crippen molar-refractivity contribution in [2.24, 2.45) is 0 Å². The molecule has 0 amide bonds. The van der Waals surface area contributed by atoms with Crippen LogP contribution >= 0.6 is 11.8 Å². The van der Waals surface area contributed by atoms with Crippen LogP contribution in [0.5, 0.6) is 0 Å². The van der Waals surface area contributed by atoms with Crippen LogP contribution in [0.25, 0.3) is 0 Å². The summed E-state index contributed by atoms with van der Waals surface area (Å²) in [4.78, 5) is 13.6. The highest BCUT2D eigenvalue weighted by Gasteiger charge is 2.49. The zero-order chi connectivity index (χ0) is 10.2. The van der Waals surface area contributed by atoms with Gasteiger partial charge in [0, 0.05) is 11.8 Å². The number of thioether (sulfide) groups is 1. The standard InChI is InChI=1S/C10H17NO2S/c1-8-3-2-5-11(8)10(9(12)13)4-6-14-7-10/h8H,2-7H2,1H3,(H,12,13). The molecule has 2 aliphatic rings. The molecule has 2 saturated heterocycles. The predicted octanol–water partition coefficient (Wildman–Crippen LogP) is 1.43. The molecule has 0 aliphatic carbocycles. The van der Waals surface area contributed by atoms with Gasteiger partial charge < -0.3 is 5.11 Å². The molecular weight excluding hydrogens is 198 g/mol. The second-order valence-electron chi connectivity index (χ2n) is 4.32. The summed E-state index contributed by atoms with van der Waals surface area (Å²) in [6, 6.07) is 0.449. The Labute approximate surface area is 88.9 Å². The topological polar surface area (TPSA) is 40.5 Å². The SMILES string of the molecule is CC1CCCN1C1(C(=O)O)CCSC1. The van der Waals surface area contributed by atoms with Crippen LogP contribution < -0.4 is 0 Å². The van der Waals surface area contributed by atoms with Gasteiger partial charge in [-0.25, -0.2) is 0 Å². The minimum atomic E-state index is -0.615. The minimum absolute atomic E-state index is 0.449. The first kappa shape index (κ1) is 10.3. The fraction of sp³-hybridized carbons (Fsp3) is 0.900. The van der Waals surface area contributed by atoms with Crippen molar-refractivity contribution >= 4 is 17.7 Å². The number of hydrogen-bond acceptors (Lipinski definition) is 3. The summed E-state index contributed by atoms with van der Waals surface area (Å²) < 4.78 is 0. The van der Waals surface area contributed by atoms with Gasteiger partial charge in [-0.3, -0.25) is 9.69 Å². The molecular formula is C10H17NO2S. The number of aliphatic carboxylic acids is 1. The van der Waals surface area contributed by atoms with E-state index in [4.69, 9.17) is 0 Å². The summed E-state index contributed by atoms with van der Waals surface area (Å²) in [5, 5.41) is 9.39. The molecule has 4 heteroatoms. The van der Waals surface area contributed by atoms with E-state index in [9.17, 15) is 9.90 Å². The Morgan fingerprint density at radius 1 is 1.64 bits per heavy atom. The molecule has 2 fully saturated rings. The third-order valence-electron chi connectivity index (χ3n) is 3.50. The normalized spacial score (nSPS) is 39.1. The lowest BCUT2D eigenvalue weighted by molar-refractivity contribution is -0.150. The maximum atomic E-state index is 11.4. The van der Waals surface area contributed by atoms with Gasteiger partial charge in [0.15, 0.2) is 0 Å². The van der Waals surface area contributed by atoms with Crippen molar-refractivity contribution in [2.75, 3.05) is 18.1 Å². The van der Waals surface area contributed by atoms with Gasteiger partial charge in [-0.15, -0.1) is 0 Å². The fourth-order valence-corrected chi connectivity index (χ4v) is 4.04. The molecule has 1 N–H and O–H groups in total. The predicted molar refractivity (Wildman–Crippen MR) is 57.7 cm³/mol. The molecule has 2 unspecified atom stereocenters. The van der Waals surface area contributed by atoms with Gasteiger partial charge in [0.25, 0.3) is 0 Å². The van der Waals surface area contributed by atoms with Crippen LogP contribution in [0.15, 0.2) is 0 Å². The molecule has 80 valence electrons. The first-order valence-corrected chi connectivity index (χ1v) is 6.40. The van der Waals surface area contributed by atoms with E-state index in [-0.39, 0.29) is 0 Å². The Morgan fingerprint density at radius 3 is 2.86 bits per heavy atom. The van der Waals surface area contributed by atoms with Crippen molar-refractivity contribution < 1.29 is 9.90 Å². The van der Waals surface area contributed by atoms with E-state index in [1.807, 2.05) is 0 Å². The molecule has 2 aliphatic heterocycles. The average Bonchev–Trinajstić information content (AvgIpc) is 2.72. The molecule has 2 atom stereocenters. The maximum Gasteiger partial charge on any atom is 0.325 e. The first-order chi connectivity index (χ1) is 6.67.